The van der Waals surface area contributed by atoms with Crippen molar-refractivity contribution in [1.82, 2.24) is 19.7 Å². The summed E-state index contributed by atoms with van der Waals surface area (Å²) in [5, 5.41) is 8.08. The zero-order valence-electron chi connectivity index (χ0n) is 19.0. The Kier molecular flexibility index (Phi) is 4.72. The molecule has 2 aromatic carbocycles. The number of pyridine rings is 1. The van der Waals surface area contributed by atoms with E-state index in [-0.39, 0.29) is 6.04 Å². The molecule has 8 heteroatoms. The van der Waals surface area contributed by atoms with Crippen LogP contribution in [0.4, 0.5) is 5.95 Å². The van der Waals surface area contributed by atoms with Crippen molar-refractivity contribution in [3.8, 4) is 17.2 Å². The molecule has 4 heterocycles. The van der Waals surface area contributed by atoms with Gasteiger partial charge in [0.2, 0.25) is 5.95 Å². The average Bonchev–Trinajstić information content (AvgIpc) is 3.35. The number of fused-ring (bicyclic) bond motifs is 3. The maximum atomic E-state index is 6.71. The molecule has 0 saturated heterocycles. The molecule has 0 aliphatic carbocycles. The highest BCUT2D eigenvalue weighted by Gasteiger charge is 2.42. The molecule has 0 fully saturated rings. The number of rotatable bonds is 4. The maximum absolute atomic E-state index is 6.71. The molecular weight excluding hydrogens is 430 g/mol. The predicted octanol–water partition coefficient (Wildman–Crippen LogP) is 4.56. The second kappa shape index (κ2) is 7.91. The van der Waals surface area contributed by atoms with Gasteiger partial charge in [-0.25, -0.2) is 4.68 Å². The van der Waals surface area contributed by atoms with Crippen molar-refractivity contribution >= 4 is 11.6 Å². The highest BCUT2D eigenvalue weighted by Crippen LogP contribution is 2.52. The molecule has 0 radical (unpaired) electrons. The fourth-order valence-electron chi connectivity index (χ4n) is 4.74. The quantitative estimate of drug-likeness (QED) is 0.485. The lowest BCUT2D eigenvalue weighted by molar-refractivity contribution is 0.217. The molecule has 2 aliphatic rings. The van der Waals surface area contributed by atoms with Crippen LogP contribution in [-0.4, -0.2) is 34.0 Å². The van der Waals surface area contributed by atoms with Gasteiger partial charge < -0.3 is 19.5 Å². The van der Waals surface area contributed by atoms with Crippen molar-refractivity contribution in [2.45, 2.75) is 19.1 Å². The van der Waals surface area contributed by atoms with E-state index in [0.717, 1.165) is 45.0 Å². The van der Waals surface area contributed by atoms with Gasteiger partial charge in [0.25, 0.3) is 0 Å². The number of nitrogens with one attached hydrogen (secondary N) is 1. The molecule has 0 saturated carbocycles. The van der Waals surface area contributed by atoms with E-state index in [4.69, 9.17) is 14.2 Å². The molecule has 2 aliphatic heterocycles. The minimum absolute atomic E-state index is 0.281. The summed E-state index contributed by atoms with van der Waals surface area (Å²) < 4.78 is 19.9. The standard InChI is InChI=1S/C26H23N5O3/c1-15-6-8-21-18(11-15)23-22(25(34-21)19-12-17(32-2)7-9-20(19)33-3)24(16-5-4-10-27-13-16)31-26(30-23)28-14-29-31/h4-14,24-25H,1-3H3,(H,28,29,30)/t24-,25-/m0/s1. The van der Waals surface area contributed by atoms with Gasteiger partial charge in [-0.05, 0) is 48.9 Å². The lowest BCUT2D eigenvalue weighted by Crippen LogP contribution is -2.32. The van der Waals surface area contributed by atoms with Crippen LogP contribution in [0.25, 0.3) is 5.70 Å². The number of aryl methyl sites for hydroxylation is 1. The zero-order chi connectivity index (χ0) is 23.2. The van der Waals surface area contributed by atoms with Gasteiger partial charge in [-0.1, -0.05) is 17.7 Å². The van der Waals surface area contributed by atoms with Crippen LogP contribution in [0.1, 0.15) is 34.4 Å². The molecule has 2 atom stereocenters. The Bertz CT molecular complexity index is 1410. The Hall–Kier alpha value is -4.33. The van der Waals surface area contributed by atoms with E-state index in [2.05, 4.69) is 33.4 Å². The van der Waals surface area contributed by atoms with Crippen molar-refractivity contribution in [1.29, 1.82) is 0 Å². The van der Waals surface area contributed by atoms with E-state index in [9.17, 15) is 0 Å². The zero-order valence-corrected chi connectivity index (χ0v) is 19.0. The van der Waals surface area contributed by atoms with E-state index >= 15 is 0 Å². The van der Waals surface area contributed by atoms with E-state index in [1.165, 1.54) is 0 Å². The Balaban J connectivity index is 1.65. The summed E-state index contributed by atoms with van der Waals surface area (Å²) in [5.41, 5.74) is 5.91. The van der Waals surface area contributed by atoms with Crippen LogP contribution < -0.4 is 19.5 Å². The van der Waals surface area contributed by atoms with Crippen LogP contribution in [0, 0.1) is 6.92 Å². The first-order chi connectivity index (χ1) is 16.7. The first-order valence-corrected chi connectivity index (χ1v) is 11.0. The fourth-order valence-corrected chi connectivity index (χ4v) is 4.74. The molecule has 0 unspecified atom stereocenters. The Morgan fingerprint density at radius 2 is 1.97 bits per heavy atom. The number of hydrogen-bond acceptors (Lipinski definition) is 7. The summed E-state index contributed by atoms with van der Waals surface area (Å²) in [6.45, 7) is 2.07. The monoisotopic (exact) mass is 453 g/mol. The summed E-state index contributed by atoms with van der Waals surface area (Å²) in [6.07, 6.45) is 4.71. The second-order valence-corrected chi connectivity index (χ2v) is 8.28. The van der Waals surface area contributed by atoms with Crippen molar-refractivity contribution in [2.24, 2.45) is 0 Å². The molecule has 0 spiro atoms. The molecular formula is C26H23N5O3. The van der Waals surface area contributed by atoms with Crippen LogP contribution in [0.2, 0.25) is 0 Å². The number of methoxy groups -OCH3 is 2. The van der Waals surface area contributed by atoms with Crippen LogP contribution in [0.5, 0.6) is 17.2 Å². The lowest BCUT2D eigenvalue weighted by Gasteiger charge is -2.39. The van der Waals surface area contributed by atoms with Crippen molar-refractivity contribution < 1.29 is 14.2 Å². The van der Waals surface area contributed by atoms with E-state index in [1.54, 1.807) is 26.7 Å². The average molecular weight is 454 g/mol. The third-order valence-corrected chi connectivity index (χ3v) is 6.29. The summed E-state index contributed by atoms with van der Waals surface area (Å²) in [6, 6.07) is 15.6. The Morgan fingerprint density at radius 1 is 1.06 bits per heavy atom. The predicted molar refractivity (Wildman–Crippen MR) is 127 cm³/mol. The van der Waals surface area contributed by atoms with Crippen LogP contribution >= 0.6 is 0 Å². The minimum atomic E-state index is -0.467. The van der Waals surface area contributed by atoms with Crippen molar-refractivity contribution in [3.63, 3.8) is 0 Å². The number of ether oxygens (including phenoxy) is 3. The molecule has 2 aromatic heterocycles. The normalized spacial score (nSPS) is 18.2. The summed E-state index contributed by atoms with van der Waals surface area (Å²) in [4.78, 5) is 8.86. The molecule has 34 heavy (non-hydrogen) atoms. The summed E-state index contributed by atoms with van der Waals surface area (Å²) in [5.74, 6) is 2.88. The Morgan fingerprint density at radius 3 is 2.76 bits per heavy atom. The van der Waals surface area contributed by atoms with Gasteiger partial charge in [0.15, 0.2) is 6.10 Å². The fraction of sp³-hybridized carbons (Fsp3) is 0.192. The summed E-state index contributed by atoms with van der Waals surface area (Å²) in [7, 11) is 3.31. The number of anilines is 1. The van der Waals surface area contributed by atoms with Gasteiger partial charge >= 0.3 is 0 Å². The minimum Gasteiger partial charge on any atom is -0.497 e. The molecule has 6 rings (SSSR count). The number of aromatic nitrogens is 4. The van der Waals surface area contributed by atoms with Crippen LogP contribution in [0.15, 0.2) is 72.8 Å². The van der Waals surface area contributed by atoms with E-state index in [0.29, 0.717) is 11.7 Å². The third-order valence-electron chi connectivity index (χ3n) is 6.29. The molecule has 8 nitrogen and oxygen atoms in total. The molecule has 170 valence electrons. The van der Waals surface area contributed by atoms with Crippen LogP contribution in [0.3, 0.4) is 0 Å². The van der Waals surface area contributed by atoms with Crippen LogP contribution in [-0.2, 0) is 0 Å². The van der Waals surface area contributed by atoms with Gasteiger partial charge in [-0.2, -0.15) is 10.1 Å². The topological polar surface area (TPSA) is 83.3 Å². The second-order valence-electron chi connectivity index (χ2n) is 8.28. The van der Waals surface area contributed by atoms with Crippen molar-refractivity contribution in [2.75, 3.05) is 19.5 Å². The van der Waals surface area contributed by atoms with Gasteiger partial charge in [0, 0.05) is 29.1 Å². The van der Waals surface area contributed by atoms with E-state index in [1.807, 2.05) is 53.3 Å². The summed E-state index contributed by atoms with van der Waals surface area (Å²) >= 11 is 0. The SMILES string of the molecule is COc1ccc(OC)c([C@@H]2Oc3ccc(C)cc3C3=C2[C@H](c2cccnc2)n2ncnc2N3)c1. The number of nitrogens with zero attached hydrogens (tertiary/aromatic N) is 4. The molecule has 0 bridgehead atoms. The molecule has 1 N–H and O–H groups in total. The van der Waals surface area contributed by atoms with Gasteiger partial charge in [0.1, 0.15) is 29.6 Å². The van der Waals surface area contributed by atoms with E-state index < -0.39 is 6.10 Å². The highest BCUT2D eigenvalue weighted by atomic mass is 16.5. The molecule has 0 amide bonds. The van der Waals surface area contributed by atoms with Gasteiger partial charge in [0.05, 0.1) is 19.9 Å². The van der Waals surface area contributed by atoms with Crippen molar-refractivity contribution in [3.05, 3.63) is 95.1 Å². The molecule has 4 aromatic rings. The first kappa shape index (κ1) is 20.3. The Labute approximate surface area is 196 Å². The smallest absolute Gasteiger partial charge is 0.226 e. The maximum Gasteiger partial charge on any atom is 0.226 e. The number of benzene rings is 2. The first-order valence-electron chi connectivity index (χ1n) is 11.0. The third kappa shape index (κ3) is 3.10. The largest absolute Gasteiger partial charge is 0.497 e. The highest BCUT2D eigenvalue weighted by molar-refractivity contribution is 5.85. The van der Waals surface area contributed by atoms with Gasteiger partial charge in [-0.3, -0.25) is 4.98 Å². The number of hydrogen-bond donors (Lipinski definition) is 1. The van der Waals surface area contributed by atoms with Gasteiger partial charge in [-0.15, -0.1) is 0 Å². The lowest BCUT2D eigenvalue weighted by atomic mass is 9.84.